The molecule has 1 amide bonds. The van der Waals surface area contributed by atoms with E-state index in [9.17, 15) is 9.18 Å². The van der Waals surface area contributed by atoms with Crippen LogP contribution in [0.5, 0.6) is 0 Å². The maximum atomic E-state index is 13.6. The van der Waals surface area contributed by atoms with Crippen molar-refractivity contribution in [2.24, 2.45) is 0 Å². The van der Waals surface area contributed by atoms with Crippen molar-refractivity contribution in [3.8, 4) is 0 Å². The van der Waals surface area contributed by atoms with Crippen LogP contribution < -0.4 is 10.6 Å². The molecule has 23 heavy (non-hydrogen) atoms. The largest absolute Gasteiger partial charge is 0.353 e. The predicted octanol–water partition coefficient (Wildman–Crippen LogP) is 4.82. The van der Waals surface area contributed by atoms with E-state index in [1.54, 1.807) is 54.6 Å². The van der Waals surface area contributed by atoms with Crippen molar-refractivity contribution in [1.82, 2.24) is 0 Å². The molecule has 0 radical (unpaired) electrons. The van der Waals surface area contributed by atoms with Gasteiger partial charge < -0.3 is 10.6 Å². The first-order valence-corrected chi connectivity index (χ1v) is 7.20. The van der Waals surface area contributed by atoms with E-state index in [1.807, 2.05) is 18.2 Å². The number of benzene rings is 3. The zero-order valence-electron chi connectivity index (χ0n) is 12.3. The standard InChI is InChI=1S/C19H15FN2O/c20-17-8-4-5-9-18(17)21-15-10-12-16(13-11-15)22-19(23)14-6-2-1-3-7-14/h1-13,21H,(H,22,23). The van der Waals surface area contributed by atoms with E-state index in [1.165, 1.54) is 6.07 Å². The minimum Gasteiger partial charge on any atom is -0.353 e. The molecule has 0 aromatic heterocycles. The number of halogens is 1. The summed E-state index contributed by atoms with van der Waals surface area (Å²) in [6, 6.07) is 22.6. The van der Waals surface area contributed by atoms with E-state index >= 15 is 0 Å². The van der Waals surface area contributed by atoms with Crippen LogP contribution in [0.15, 0.2) is 78.9 Å². The molecule has 0 heterocycles. The minimum absolute atomic E-state index is 0.166. The molecule has 0 aliphatic heterocycles. The molecule has 0 saturated carbocycles. The minimum atomic E-state index is -0.311. The van der Waals surface area contributed by atoms with Crippen molar-refractivity contribution in [3.63, 3.8) is 0 Å². The Morgan fingerprint density at radius 1 is 0.739 bits per heavy atom. The summed E-state index contributed by atoms with van der Waals surface area (Å²) >= 11 is 0. The molecule has 0 fully saturated rings. The summed E-state index contributed by atoms with van der Waals surface area (Å²) in [6.07, 6.45) is 0. The topological polar surface area (TPSA) is 41.1 Å². The van der Waals surface area contributed by atoms with E-state index in [2.05, 4.69) is 10.6 Å². The first kappa shape index (κ1) is 14.8. The van der Waals surface area contributed by atoms with Gasteiger partial charge in [0.2, 0.25) is 0 Å². The highest BCUT2D eigenvalue weighted by atomic mass is 19.1. The number of carbonyl (C=O) groups excluding carboxylic acids is 1. The van der Waals surface area contributed by atoms with Gasteiger partial charge in [0.25, 0.3) is 5.91 Å². The Labute approximate surface area is 133 Å². The van der Waals surface area contributed by atoms with Gasteiger partial charge in [0.15, 0.2) is 0 Å². The van der Waals surface area contributed by atoms with Crippen LogP contribution in [0.3, 0.4) is 0 Å². The Bertz CT molecular complexity index is 801. The molecule has 3 aromatic carbocycles. The third-order valence-corrected chi connectivity index (χ3v) is 3.33. The predicted molar refractivity (Wildman–Crippen MR) is 90.5 cm³/mol. The zero-order chi connectivity index (χ0) is 16.1. The highest BCUT2D eigenvalue weighted by molar-refractivity contribution is 6.04. The number of hydrogen-bond donors (Lipinski definition) is 2. The first-order valence-electron chi connectivity index (χ1n) is 7.20. The van der Waals surface area contributed by atoms with Gasteiger partial charge in [-0.25, -0.2) is 4.39 Å². The van der Waals surface area contributed by atoms with Crippen LogP contribution in [-0.4, -0.2) is 5.91 Å². The maximum absolute atomic E-state index is 13.6. The van der Waals surface area contributed by atoms with Crippen molar-refractivity contribution in [1.29, 1.82) is 0 Å². The normalized spacial score (nSPS) is 10.1. The molecule has 0 saturated heterocycles. The highest BCUT2D eigenvalue weighted by Crippen LogP contribution is 2.21. The van der Waals surface area contributed by atoms with Crippen molar-refractivity contribution in [2.45, 2.75) is 0 Å². The Kier molecular flexibility index (Phi) is 4.34. The lowest BCUT2D eigenvalue weighted by Gasteiger charge is -2.09. The lowest BCUT2D eigenvalue weighted by atomic mass is 10.2. The van der Waals surface area contributed by atoms with Crippen molar-refractivity contribution in [2.75, 3.05) is 10.6 Å². The second-order valence-corrected chi connectivity index (χ2v) is 5.00. The zero-order valence-corrected chi connectivity index (χ0v) is 12.3. The van der Waals surface area contributed by atoms with Crippen LogP contribution in [-0.2, 0) is 0 Å². The number of anilines is 3. The van der Waals surface area contributed by atoms with E-state index in [-0.39, 0.29) is 11.7 Å². The monoisotopic (exact) mass is 306 g/mol. The maximum Gasteiger partial charge on any atom is 0.255 e. The lowest BCUT2D eigenvalue weighted by molar-refractivity contribution is 0.102. The average molecular weight is 306 g/mol. The molecule has 0 bridgehead atoms. The molecule has 0 aliphatic rings. The summed E-state index contributed by atoms with van der Waals surface area (Å²) in [6.45, 7) is 0. The number of rotatable bonds is 4. The lowest BCUT2D eigenvalue weighted by Crippen LogP contribution is -2.11. The number of para-hydroxylation sites is 1. The van der Waals surface area contributed by atoms with Crippen LogP contribution in [0.2, 0.25) is 0 Å². The Balaban J connectivity index is 1.68. The van der Waals surface area contributed by atoms with E-state index in [4.69, 9.17) is 0 Å². The van der Waals surface area contributed by atoms with Gasteiger partial charge in [-0.3, -0.25) is 4.79 Å². The first-order chi connectivity index (χ1) is 11.2. The van der Waals surface area contributed by atoms with Gasteiger partial charge in [-0.15, -0.1) is 0 Å². The van der Waals surface area contributed by atoms with Gasteiger partial charge in [0.05, 0.1) is 5.69 Å². The summed E-state index contributed by atoms with van der Waals surface area (Å²) in [5.41, 5.74) is 2.43. The molecule has 114 valence electrons. The fourth-order valence-electron chi connectivity index (χ4n) is 2.15. The summed E-state index contributed by atoms with van der Waals surface area (Å²) in [5.74, 6) is -0.477. The summed E-state index contributed by atoms with van der Waals surface area (Å²) in [5, 5.41) is 5.82. The summed E-state index contributed by atoms with van der Waals surface area (Å²) < 4.78 is 13.6. The molecule has 0 atom stereocenters. The molecule has 2 N–H and O–H groups in total. The molecular formula is C19H15FN2O. The van der Waals surface area contributed by atoms with Gasteiger partial charge >= 0.3 is 0 Å². The van der Waals surface area contributed by atoms with Gasteiger partial charge in [-0.05, 0) is 48.5 Å². The van der Waals surface area contributed by atoms with Crippen LogP contribution in [0.1, 0.15) is 10.4 Å². The quantitative estimate of drug-likeness (QED) is 0.725. The molecular weight excluding hydrogens is 291 g/mol. The van der Waals surface area contributed by atoms with Crippen molar-refractivity contribution in [3.05, 3.63) is 90.2 Å². The second kappa shape index (κ2) is 6.75. The molecule has 0 unspecified atom stereocenters. The summed E-state index contributed by atoms with van der Waals surface area (Å²) in [7, 11) is 0. The SMILES string of the molecule is O=C(Nc1ccc(Nc2ccccc2F)cc1)c1ccccc1. The second-order valence-electron chi connectivity index (χ2n) is 5.00. The van der Waals surface area contributed by atoms with E-state index < -0.39 is 0 Å². The highest BCUT2D eigenvalue weighted by Gasteiger charge is 2.05. The number of amides is 1. The fourth-order valence-corrected chi connectivity index (χ4v) is 2.15. The third-order valence-electron chi connectivity index (χ3n) is 3.33. The van der Waals surface area contributed by atoms with Crippen LogP contribution >= 0.6 is 0 Å². The average Bonchev–Trinajstić information content (AvgIpc) is 2.59. The van der Waals surface area contributed by atoms with Crippen molar-refractivity contribution < 1.29 is 9.18 Å². The van der Waals surface area contributed by atoms with Crippen molar-refractivity contribution >= 4 is 23.0 Å². The van der Waals surface area contributed by atoms with Crippen LogP contribution in [0.4, 0.5) is 21.5 Å². The Morgan fingerprint density at radius 3 is 2.04 bits per heavy atom. The Morgan fingerprint density at radius 2 is 1.35 bits per heavy atom. The smallest absolute Gasteiger partial charge is 0.255 e. The molecule has 0 aliphatic carbocycles. The Hall–Kier alpha value is -3.14. The van der Waals surface area contributed by atoms with Crippen LogP contribution in [0, 0.1) is 5.82 Å². The number of nitrogens with one attached hydrogen (secondary N) is 2. The van der Waals surface area contributed by atoms with E-state index in [0.29, 0.717) is 16.9 Å². The van der Waals surface area contributed by atoms with Gasteiger partial charge in [0.1, 0.15) is 5.82 Å². The number of hydrogen-bond acceptors (Lipinski definition) is 2. The fraction of sp³-hybridized carbons (Fsp3) is 0. The molecule has 4 heteroatoms. The molecule has 0 spiro atoms. The van der Waals surface area contributed by atoms with Crippen LogP contribution in [0.25, 0.3) is 0 Å². The number of carbonyl (C=O) groups is 1. The molecule has 3 aromatic rings. The van der Waals surface area contributed by atoms with E-state index in [0.717, 1.165) is 5.69 Å². The van der Waals surface area contributed by atoms with Gasteiger partial charge in [-0.1, -0.05) is 30.3 Å². The van der Waals surface area contributed by atoms with Gasteiger partial charge in [-0.2, -0.15) is 0 Å². The molecule has 3 nitrogen and oxygen atoms in total. The van der Waals surface area contributed by atoms with Gasteiger partial charge in [0, 0.05) is 16.9 Å². The molecule has 3 rings (SSSR count). The third kappa shape index (κ3) is 3.74. The summed E-state index contributed by atoms with van der Waals surface area (Å²) in [4.78, 5) is 12.1.